The van der Waals surface area contributed by atoms with Crippen molar-refractivity contribution in [3.05, 3.63) is 28.7 Å². The molecular weight excluding hydrogens is 320 g/mol. The predicted molar refractivity (Wildman–Crippen MR) is 94.5 cm³/mol. The molecule has 0 atom stereocenters. The Morgan fingerprint density at radius 2 is 2.12 bits per heavy atom. The van der Waals surface area contributed by atoms with E-state index in [-0.39, 0.29) is 0 Å². The molecule has 0 unspecified atom stereocenters. The summed E-state index contributed by atoms with van der Waals surface area (Å²) >= 11 is 1.89. The number of thiophene rings is 1. The summed E-state index contributed by atoms with van der Waals surface area (Å²) in [5.74, 6) is 2.63. The zero-order valence-corrected chi connectivity index (χ0v) is 14.3. The molecule has 24 heavy (non-hydrogen) atoms. The molecule has 0 aliphatic heterocycles. The summed E-state index contributed by atoms with van der Waals surface area (Å²) < 4.78 is 1.84. The maximum Gasteiger partial charge on any atom is 0.138 e. The fourth-order valence-corrected chi connectivity index (χ4v) is 4.74. The van der Waals surface area contributed by atoms with Crippen LogP contribution in [0.3, 0.4) is 0 Å². The van der Waals surface area contributed by atoms with Gasteiger partial charge in [0.15, 0.2) is 0 Å². The summed E-state index contributed by atoms with van der Waals surface area (Å²) in [5, 5.41) is 12.7. The van der Waals surface area contributed by atoms with Crippen molar-refractivity contribution in [3.8, 4) is 0 Å². The molecule has 5 rings (SSSR count). The molecule has 0 radical (unpaired) electrons. The van der Waals surface area contributed by atoms with Gasteiger partial charge in [0.05, 0.1) is 18.1 Å². The summed E-state index contributed by atoms with van der Waals surface area (Å²) in [7, 11) is 0. The van der Waals surface area contributed by atoms with E-state index >= 15 is 0 Å². The first kappa shape index (κ1) is 14.3. The van der Waals surface area contributed by atoms with Gasteiger partial charge in [0.2, 0.25) is 0 Å². The molecule has 3 aromatic heterocycles. The third-order valence-corrected chi connectivity index (χ3v) is 6.07. The average molecular weight is 340 g/mol. The Hall–Kier alpha value is -2.02. The predicted octanol–water partition coefficient (Wildman–Crippen LogP) is 3.15. The molecular formula is C17H20N6S. The van der Waals surface area contributed by atoms with E-state index in [9.17, 15) is 0 Å². The summed E-state index contributed by atoms with van der Waals surface area (Å²) in [6, 6.07) is 0. The van der Waals surface area contributed by atoms with Gasteiger partial charge in [-0.3, -0.25) is 4.68 Å². The second-order valence-electron chi connectivity index (χ2n) is 6.69. The van der Waals surface area contributed by atoms with Crippen LogP contribution >= 0.6 is 11.3 Å². The topological polar surface area (TPSA) is 68.5 Å². The van der Waals surface area contributed by atoms with Gasteiger partial charge in [0.25, 0.3) is 0 Å². The van der Waals surface area contributed by atoms with Crippen molar-refractivity contribution in [2.75, 3.05) is 11.9 Å². The lowest BCUT2D eigenvalue weighted by Gasteiger charge is -2.13. The first-order chi connectivity index (χ1) is 11.9. The molecule has 0 amide bonds. The molecule has 1 saturated carbocycles. The molecule has 2 aliphatic rings. The van der Waals surface area contributed by atoms with Crippen molar-refractivity contribution in [2.45, 2.75) is 51.0 Å². The highest BCUT2D eigenvalue weighted by Crippen LogP contribution is 2.43. The van der Waals surface area contributed by atoms with Gasteiger partial charge in [-0.15, -0.1) is 16.4 Å². The van der Waals surface area contributed by atoms with Crippen molar-refractivity contribution >= 4 is 27.4 Å². The van der Waals surface area contributed by atoms with Crippen LogP contribution in [0.5, 0.6) is 0 Å². The van der Waals surface area contributed by atoms with Crippen molar-refractivity contribution in [3.63, 3.8) is 0 Å². The van der Waals surface area contributed by atoms with Gasteiger partial charge in [-0.1, -0.05) is 5.21 Å². The van der Waals surface area contributed by atoms with Crippen LogP contribution < -0.4 is 5.32 Å². The van der Waals surface area contributed by atoms with Crippen LogP contribution in [0.4, 0.5) is 5.82 Å². The normalized spacial score (nSPS) is 17.2. The second-order valence-corrected chi connectivity index (χ2v) is 7.77. The van der Waals surface area contributed by atoms with Crippen molar-refractivity contribution in [2.24, 2.45) is 0 Å². The van der Waals surface area contributed by atoms with Gasteiger partial charge in [-0.25, -0.2) is 9.97 Å². The maximum atomic E-state index is 4.90. The summed E-state index contributed by atoms with van der Waals surface area (Å²) in [6.45, 7) is 1.58. The van der Waals surface area contributed by atoms with Gasteiger partial charge in [0.1, 0.15) is 16.5 Å². The van der Waals surface area contributed by atoms with Crippen molar-refractivity contribution in [1.29, 1.82) is 0 Å². The van der Waals surface area contributed by atoms with Gasteiger partial charge < -0.3 is 5.32 Å². The Bertz CT molecular complexity index is 865. The van der Waals surface area contributed by atoms with Gasteiger partial charge in [0, 0.05) is 23.5 Å². The number of anilines is 1. The van der Waals surface area contributed by atoms with E-state index in [2.05, 4.69) is 15.6 Å². The first-order valence-electron chi connectivity index (χ1n) is 8.78. The highest BCUT2D eigenvalue weighted by molar-refractivity contribution is 7.19. The molecule has 6 nitrogen and oxygen atoms in total. The zero-order valence-electron chi connectivity index (χ0n) is 13.5. The van der Waals surface area contributed by atoms with E-state index in [1.807, 2.05) is 22.2 Å². The Labute approximate surface area is 144 Å². The molecule has 0 spiro atoms. The van der Waals surface area contributed by atoms with Crippen molar-refractivity contribution < 1.29 is 0 Å². The summed E-state index contributed by atoms with van der Waals surface area (Å²) in [4.78, 5) is 12.5. The monoisotopic (exact) mass is 340 g/mol. The molecule has 7 heteroatoms. The number of fused-ring (bicyclic) bond motifs is 3. The zero-order chi connectivity index (χ0) is 15.9. The lowest BCUT2D eigenvalue weighted by Crippen LogP contribution is -2.13. The molecule has 3 heterocycles. The lowest BCUT2D eigenvalue weighted by atomic mass is 9.97. The number of aromatic nitrogens is 5. The quantitative estimate of drug-likeness (QED) is 0.773. The van der Waals surface area contributed by atoms with Gasteiger partial charge in [-0.05, 0) is 44.1 Å². The largest absolute Gasteiger partial charge is 0.368 e. The van der Waals surface area contributed by atoms with Crippen LogP contribution in [0.25, 0.3) is 10.2 Å². The molecule has 0 bridgehead atoms. The van der Waals surface area contributed by atoms with Crippen LogP contribution in [-0.4, -0.2) is 31.5 Å². The first-order valence-corrected chi connectivity index (χ1v) is 9.60. The van der Waals surface area contributed by atoms with Gasteiger partial charge >= 0.3 is 0 Å². The van der Waals surface area contributed by atoms with E-state index < -0.39 is 0 Å². The Morgan fingerprint density at radius 1 is 1.21 bits per heavy atom. The molecule has 0 saturated heterocycles. The molecule has 3 aromatic rings. The Balaban J connectivity index is 1.50. The van der Waals surface area contributed by atoms with E-state index in [1.165, 1.54) is 59.2 Å². The highest BCUT2D eigenvalue weighted by Gasteiger charge is 2.29. The van der Waals surface area contributed by atoms with E-state index in [0.717, 1.165) is 24.7 Å². The second kappa shape index (κ2) is 5.81. The Kier molecular flexibility index (Phi) is 3.47. The van der Waals surface area contributed by atoms with E-state index in [0.29, 0.717) is 5.92 Å². The van der Waals surface area contributed by atoms with Crippen LogP contribution in [0, 0.1) is 0 Å². The standard InChI is InChI=1S/C17H20N6S/c1-2-4-13-12(3-1)14-16(18-7-9-23-10-8-19-22-23)20-15(11-5-6-11)21-17(14)24-13/h8,10-11H,1-7,9H2,(H,18,20,21). The molecule has 1 N–H and O–H groups in total. The minimum atomic E-state index is 0.574. The lowest BCUT2D eigenvalue weighted by molar-refractivity contribution is 0.608. The number of nitrogens with zero attached hydrogens (tertiary/aromatic N) is 5. The fraction of sp³-hybridized carbons (Fsp3) is 0.529. The number of rotatable bonds is 5. The summed E-state index contributed by atoms with van der Waals surface area (Å²) in [5.41, 5.74) is 1.49. The van der Waals surface area contributed by atoms with Crippen LogP contribution in [0.15, 0.2) is 12.4 Å². The maximum absolute atomic E-state index is 4.90. The fourth-order valence-electron chi connectivity index (χ4n) is 3.47. The van der Waals surface area contributed by atoms with Crippen LogP contribution in [-0.2, 0) is 19.4 Å². The molecule has 1 fully saturated rings. The third kappa shape index (κ3) is 2.56. The van der Waals surface area contributed by atoms with Crippen molar-refractivity contribution in [1.82, 2.24) is 25.0 Å². The van der Waals surface area contributed by atoms with E-state index in [4.69, 9.17) is 9.97 Å². The minimum absolute atomic E-state index is 0.574. The number of aryl methyl sites for hydroxylation is 2. The number of hydrogen-bond acceptors (Lipinski definition) is 6. The minimum Gasteiger partial charge on any atom is -0.368 e. The molecule has 0 aromatic carbocycles. The highest BCUT2D eigenvalue weighted by atomic mass is 32.1. The average Bonchev–Trinajstić information content (AvgIpc) is 3.19. The number of hydrogen-bond donors (Lipinski definition) is 1. The summed E-state index contributed by atoms with van der Waals surface area (Å²) in [6.07, 6.45) is 11.0. The molecule has 124 valence electrons. The van der Waals surface area contributed by atoms with Crippen LogP contribution in [0.2, 0.25) is 0 Å². The van der Waals surface area contributed by atoms with Crippen LogP contribution in [0.1, 0.15) is 47.9 Å². The Morgan fingerprint density at radius 3 is 2.96 bits per heavy atom. The third-order valence-electron chi connectivity index (χ3n) is 4.88. The van der Waals surface area contributed by atoms with Gasteiger partial charge in [-0.2, -0.15) is 0 Å². The number of nitrogens with one attached hydrogen (secondary N) is 1. The smallest absolute Gasteiger partial charge is 0.138 e. The van der Waals surface area contributed by atoms with E-state index in [1.54, 1.807) is 6.20 Å². The SMILES string of the molecule is c1cn(CCNc2nc(C3CC3)nc3sc4c(c23)CCCC4)nn1. The molecule has 2 aliphatic carbocycles.